The second kappa shape index (κ2) is 14.0. The molecule has 4 saturated carbocycles. The number of aliphatic carboxylic acids is 3. The van der Waals surface area contributed by atoms with Crippen molar-refractivity contribution >= 4 is 23.5 Å². The van der Waals surface area contributed by atoms with Crippen molar-refractivity contribution in [1.82, 2.24) is 0 Å². The highest BCUT2D eigenvalue weighted by atomic mass is 16.4. The smallest absolute Gasteiger partial charge is 0.338 e. The van der Waals surface area contributed by atoms with Crippen molar-refractivity contribution in [1.29, 1.82) is 0 Å². The molecule has 4 fully saturated rings. The summed E-state index contributed by atoms with van der Waals surface area (Å²) in [6.07, 6.45) is 8.12. The van der Waals surface area contributed by atoms with E-state index >= 15 is 0 Å². The molecule has 1 aromatic carbocycles. The van der Waals surface area contributed by atoms with Crippen molar-refractivity contribution in [3.8, 4) is 0 Å². The predicted molar refractivity (Wildman–Crippen MR) is 152 cm³/mol. The molecule has 2 aromatic rings. The standard InChI is InChI=1S/C12H14O4.C12H18O2.C7H6O3.CH4/c13-6-8-5-7-3-1-2-4-9(7)11(14)10(8)12(15)16;13-12(14)6-11-9-2-7-1-8(4-9)5-10(11)3-7;1-5(7(8)9)6-3-2-4-10-6;/h1-4,8,10-11,13-14H,5-6H2,(H,15,16);7-11H,1-6H2,(H,13,14);2-4H,1H2,(H,8,9);1H4. The number of aliphatic hydroxyl groups is 2. The van der Waals surface area contributed by atoms with Gasteiger partial charge in [-0.1, -0.05) is 38.3 Å². The molecule has 0 amide bonds. The van der Waals surface area contributed by atoms with E-state index in [4.69, 9.17) is 19.7 Å². The Hall–Kier alpha value is -3.43. The quantitative estimate of drug-likeness (QED) is 0.296. The van der Waals surface area contributed by atoms with Gasteiger partial charge in [0.2, 0.25) is 0 Å². The molecule has 41 heavy (non-hydrogen) atoms. The summed E-state index contributed by atoms with van der Waals surface area (Å²) in [6, 6.07) is 10.4. The molecule has 5 aliphatic rings. The molecule has 9 nitrogen and oxygen atoms in total. The lowest BCUT2D eigenvalue weighted by molar-refractivity contribution is -0.150. The Labute approximate surface area is 240 Å². The summed E-state index contributed by atoms with van der Waals surface area (Å²) in [4.78, 5) is 32.1. The topological polar surface area (TPSA) is 165 Å². The lowest BCUT2D eigenvalue weighted by Gasteiger charge is -2.54. The van der Waals surface area contributed by atoms with Crippen LogP contribution in [0.3, 0.4) is 0 Å². The van der Waals surface area contributed by atoms with Gasteiger partial charge in [-0.2, -0.15) is 0 Å². The first kappa shape index (κ1) is 32.1. The molecule has 224 valence electrons. The van der Waals surface area contributed by atoms with Gasteiger partial charge in [0.05, 0.1) is 23.9 Å². The summed E-state index contributed by atoms with van der Waals surface area (Å²) in [7, 11) is 0. The van der Waals surface area contributed by atoms with Crippen LogP contribution in [0.25, 0.3) is 5.57 Å². The third kappa shape index (κ3) is 7.45. The van der Waals surface area contributed by atoms with Crippen LogP contribution in [0, 0.1) is 41.4 Å². The molecular formula is C32H42O9. The summed E-state index contributed by atoms with van der Waals surface area (Å²) in [5.41, 5.74) is 1.57. The average Bonchev–Trinajstić information content (AvgIpc) is 3.45. The number of carboxylic acid groups (broad SMARTS) is 3. The summed E-state index contributed by atoms with van der Waals surface area (Å²) in [5, 5.41) is 45.5. The van der Waals surface area contributed by atoms with Crippen LogP contribution in [0.4, 0.5) is 0 Å². The van der Waals surface area contributed by atoms with E-state index in [1.807, 2.05) is 12.1 Å². The Morgan fingerprint density at radius 1 is 0.902 bits per heavy atom. The molecule has 3 unspecified atom stereocenters. The van der Waals surface area contributed by atoms with Crippen molar-refractivity contribution in [2.24, 2.45) is 41.4 Å². The van der Waals surface area contributed by atoms with Gasteiger partial charge in [-0.15, -0.1) is 0 Å². The average molecular weight is 571 g/mol. The number of carbonyl (C=O) groups is 3. The highest BCUT2D eigenvalue weighted by molar-refractivity contribution is 6.13. The second-order valence-electron chi connectivity index (χ2n) is 11.6. The van der Waals surface area contributed by atoms with Gasteiger partial charge in [-0.25, -0.2) is 4.79 Å². The van der Waals surface area contributed by atoms with Gasteiger partial charge >= 0.3 is 17.9 Å². The lowest BCUT2D eigenvalue weighted by Crippen LogP contribution is -2.45. The van der Waals surface area contributed by atoms with E-state index in [0.717, 1.165) is 29.2 Å². The Morgan fingerprint density at radius 3 is 2.00 bits per heavy atom. The van der Waals surface area contributed by atoms with Crippen molar-refractivity contribution in [2.45, 2.75) is 58.5 Å². The summed E-state index contributed by atoms with van der Waals surface area (Å²) in [6.45, 7) is 3.08. The number of furan rings is 1. The molecule has 0 spiro atoms. The maximum Gasteiger partial charge on any atom is 0.338 e. The minimum absolute atomic E-state index is 0. The van der Waals surface area contributed by atoms with Crippen LogP contribution in [0.5, 0.6) is 0 Å². The molecule has 0 aliphatic heterocycles. The molecular weight excluding hydrogens is 528 g/mol. The van der Waals surface area contributed by atoms with E-state index in [9.17, 15) is 24.6 Å². The number of benzene rings is 1. The molecule has 1 aromatic heterocycles. The molecule has 9 heteroatoms. The number of carboxylic acids is 3. The second-order valence-corrected chi connectivity index (χ2v) is 11.6. The number of fused-ring (bicyclic) bond motifs is 1. The SMILES string of the molecule is C.C=C(C(=O)O)c1ccco1.O=C(O)C1C(CO)Cc2ccccc2C1O.O=C(O)CC1C2CC3CC(C2)CC1C3. The van der Waals surface area contributed by atoms with Gasteiger partial charge in [0.15, 0.2) is 0 Å². The van der Waals surface area contributed by atoms with Gasteiger partial charge < -0.3 is 29.9 Å². The van der Waals surface area contributed by atoms with Gasteiger partial charge in [-0.05, 0) is 91.4 Å². The van der Waals surface area contributed by atoms with Crippen molar-refractivity contribution in [2.75, 3.05) is 6.61 Å². The highest BCUT2D eigenvalue weighted by Gasteiger charge is 2.48. The first-order chi connectivity index (χ1) is 19.1. The van der Waals surface area contributed by atoms with Gasteiger partial charge in [0.25, 0.3) is 0 Å². The van der Waals surface area contributed by atoms with E-state index < -0.39 is 35.8 Å². The Kier molecular flexibility index (Phi) is 10.9. The van der Waals surface area contributed by atoms with Crippen LogP contribution < -0.4 is 0 Å². The summed E-state index contributed by atoms with van der Waals surface area (Å²) in [5.74, 6) is 0.253. The van der Waals surface area contributed by atoms with Crippen LogP contribution in [0.1, 0.15) is 68.9 Å². The molecule has 0 saturated heterocycles. The van der Waals surface area contributed by atoms with Gasteiger partial charge in [-0.3, -0.25) is 9.59 Å². The number of hydrogen-bond acceptors (Lipinski definition) is 6. The van der Waals surface area contributed by atoms with Crippen LogP contribution in [-0.4, -0.2) is 50.0 Å². The minimum atomic E-state index is -1.06. The van der Waals surface area contributed by atoms with Crippen LogP contribution in [-0.2, 0) is 20.8 Å². The predicted octanol–water partition coefficient (Wildman–Crippen LogP) is 5.13. The minimum Gasteiger partial charge on any atom is -0.481 e. The van der Waals surface area contributed by atoms with E-state index in [-0.39, 0.29) is 19.6 Å². The molecule has 5 N–H and O–H groups in total. The van der Waals surface area contributed by atoms with Gasteiger partial charge in [0.1, 0.15) is 5.76 Å². The van der Waals surface area contributed by atoms with E-state index in [1.165, 1.54) is 38.4 Å². The highest BCUT2D eigenvalue weighted by Crippen LogP contribution is 2.57. The first-order valence-electron chi connectivity index (χ1n) is 13.9. The van der Waals surface area contributed by atoms with Gasteiger partial charge in [0, 0.05) is 18.9 Å². The maximum atomic E-state index is 11.1. The van der Waals surface area contributed by atoms with Crippen LogP contribution >= 0.6 is 0 Å². The lowest BCUT2D eigenvalue weighted by atomic mass is 9.51. The third-order valence-corrected chi connectivity index (χ3v) is 9.13. The first-order valence-corrected chi connectivity index (χ1v) is 13.9. The normalized spacial score (nSPS) is 30.3. The van der Waals surface area contributed by atoms with E-state index in [0.29, 0.717) is 30.1 Å². The zero-order valence-electron chi connectivity index (χ0n) is 22.4. The summed E-state index contributed by atoms with van der Waals surface area (Å²) < 4.78 is 4.78. The fourth-order valence-electron chi connectivity index (χ4n) is 7.51. The number of rotatable bonds is 6. The van der Waals surface area contributed by atoms with Crippen molar-refractivity contribution in [3.63, 3.8) is 0 Å². The number of hydrogen-bond donors (Lipinski definition) is 5. The Morgan fingerprint density at radius 2 is 1.51 bits per heavy atom. The number of aliphatic hydroxyl groups excluding tert-OH is 2. The van der Waals surface area contributed by atoms with Crippen LogP contribution in [0.15, 0.2) is 53.7 Å². The van der Waals surface area contributed by atoms with Crippen molar-refractivity contribution < 1.29 is 44.3 Å². The van der Waals surface area contributed by atoms with Crippen LogP contribution in [0.2, 0.25) is 0 Å². The zero-order valence-corrected chi connectivity index (χ0v) is 22.4. The third-order valence-electron chi connectivity index (χ3n) is 9.13. The molecule has 7 rings (SSSR count). The van der Waals surface area contributed by atoms with E-state index in [1.54, 1.807) is 24.3 Å². The molecule has 4 bridgehead atoms. The monoisotopic (exact) mass is 570 g/mol. The largest absolute Gasteiger partial charge is 0.481 e. The van der Waals surface area contributed by atoms with E-state index in [2.05, 4.69) is 6.58 Å². The van der Waals surface area contributed by atoms with Crippen molar-refractivity contribution in [3.05, 3.63) is 66.1 Å². The molecule has 0 radical (unpaired) electrons. The summed E-state index contributed by atoms with van der Waals surface area (Å²) >= 11 is 0. The molecule has 3 atom stereocenters. The Balaban J connectivity index is 0.000000171. The fourth-order valence-corrected chi connectivity index (χ4v) is 7.51. The Bertz CT molecular complexity index is 1170. The molecule has 1 heterocycles. The maximum absolute atomic E-state index is 11.1. The molecule has 5 aliphatic carbocycles. The zero-order chi connectivity index (χ0) is 29.0. The fraction of sp³-hybridized carbons (Fsp3) is 0.531.